The van der Waals surface area contributed by atoms with Gasteiger partial charge in [-0.15, -0.1) is 16.4 Å². The molecular formula is C19H19ClN6O4S2. The summed E-state index contributed by atoms with van der Waals surface area (Å²) in [5.41, 5.74) is 6.53. The molecule has 168 valence electrons. The minimum atomic E-state index is -1.11. The van der Waals surface area contributed by atoms with Crippen LogP contribution in [0.1, 0.15) is 11.6 Å². The van der Waals surface area contributed by atoms with Gasteiger partial charge in [0.25, 0.3) is 0 Å². The maximum absolute atomic E-state index is 10.9. The molecule has 2 aromatic heterocycles. The van der Waals surface area contributed by atoms with Gasteiger partial charge in [0.15, 0.2) is 5.13 Å². The Morgan fingerprint density at radius 3 is 2.88 bits per heavy atom. The molecule has 4 rings (SSSR count). The number of hydrogen-bond acceptors (Lipinski definition) is 11. The lowest BCUT2D eigenvalue weighted by atomic mass is 9.97. The maximum atomic E-state index is 10.9. The lowest BCUT2D eigenvalue weighted by Crippen LogP contribution is -2.55. The molecule has 10 nitrogen and oxygen atoms in total. The average Bonchev–Trinajstić information content (AvgIpc) is 3.43. The third-order valence-corrected chi connectivity index (χ3v) is 7.13. The molecule has 0 saturated carbocycles. The first kappa shape index (κ1) is 22.9. The molecule has 1 aliphatic heterocycles. The molecule has 5 atom stereocenters. The number of rotatable bonds is 6. The molecule has 32 heavy (non-hydrogen) atoms. The Balaban J connectivity index is 1.64. The number of aromatic nitrogens is 4. The van der Waals surface area contributed by atoms with Gasteiger partial charge in [0, 0.05) is 17.4 Å². The molecule has 13 heteroatoms. The zero-order valence-electron chi connectivity index (χ0n) is 16.7. The summed E-state index contributed by atoms with van der Waals surface area (Å²) in [5, 5.41) is 40.6. The van der Waals surface area contributed by atoms with E-state index in [1.54, 1.807) is 29.8 Å². The van der Waals surface area contributed by atoms with E-state index in [9.17, 15) is 10.2 Å². The molecule has 4 N–H and O–H groups in total. The van der Waals surface area contributed by atoms with Crippen LogP contribution >= 0.6 is 34.7 Å². The third-order valence-electron chi connectivity index (χ3n) is 5.01. The molecule has 1 saturated heterocycles. The second kappa shape index (κ2) is 9.72. The van der Waals surface area contributed by atoms with E-state index in [4.69, 9.17) is 32.1 Å². The van der Waals surface area contributed by atoms with Crippen LogP contribution in [-0.4, -0.2) is 67.7 Å². The van der Waals surface area contributed by atoms with E-state index < -0.39 is 36.4 Å². The van der Waals surface area contributed by atoms with E-state index in [1.807, 2.05) is 6.07 Å². The summed E-state index contributed by atoms with van der Waals surface area (Å²) in [6, 6.07) is 6.35. The van der Waals surface area contributed by atoms with Gasteiger partial charge in [0.2, 0.25) is 0 Å². The molecule has 0 spiro atoms. The summed E-state index contributed by atoms with van der Waals surface area (Å²) in [6.45, 7) is -0.399. The number of nitrogens with zero attached hydrogens (tertiary/aromatic N) is 5. The molecule has 1 fully saturated rings. The van der Waals surface area contributed by atoms with Gasteiger partial charge in [-0.05, 0) is 18.2 Å². The van der Waals surface area contributed by atoms with Crippen molar-refractivity contribution in [2.45, 2.75) is 34.7 Å². The molecule has 0 bridgehead atoms. The molecule has 0 unspecified atom stereocenters. The van der Waals surface area contributed by atoms with Crippen molar-refractivity contribution in [3.05, 3.63) is 40.4 Å². The highest BCUT2D eigenvalue weighted by Crippen LogP contribution is 2.40. The minimum Gasteiger partial charge on any atom is -0.394 e. The van der Waals surface area contributed by atoms with Crippen LogP contribution in [0.2, 0.25) is 5.02 Å². The van der Waals surface area contributed by atoms with E-state index in [-0.39, 0.29) is 0 Å². The van der Waals surface area contributed by atoms with Crippen LogP contribution in [0, 0.1) is 11.3 Å². The average molecular weight is 495 g/mol. The number of halogens is 1. The van der Waals surface area contributed by atoms with Crippen molar-refractivity contribution in [3.63, 3.8) is 0 Å². The fourth-order valence-corrected chi connectivity index (χ4v) is 5.50. The second-order valence-electron chi connectivity index (χ2n) is 6.93. The minimum absolute atomic E-state index is 0.320. The van der Waals surface area contributed by atoms with Crippen LogP contribution in [0.15, 0.2) is 34.7 Å². The van der Waals surface area contributed by atoms with Gasteiger partial charge in [0.05, 0.1) is 23.4 Å². The number of nitriles is 1. The van der Waals surface area contributed by atoms with Crippen LogP contribution in [0.5, 0.6) is 0 Å². The maximum Gasteiger partial charge on any atom is 0.180 e. The third kappa shape index (κ3) is 4.46. The number of aliphatic hydroxyl groups excluding tert-OH is 2. The first-order chi connectivity index (χ1) is 15.4. The van der Waals surface area contributed by atoms with Crippen LogP contribution < -0.4 is 5.73 Å². The number of nitrogen functional groups attached to an aromatic ring is 1. The van der Waals surface area contributed by atoms with E-state index in [1.165, 1.54) is 34.9 Å². The highest BCUT2D eigenvalue weighted by atomic mass is 35.5. The molecule has 3 aromatic rings. The van der Waals surface area contributed by atoms with Crippen LogP contribution in [0.4, 0.5) is 5.13 Å². The predicted molar refractivity (Wildman–Crippen MR) is 119 cm³/mol. The highest BCUT2D eigenvalue weighted by Gasteiger charge is 2.47. The lowest BCUT2D eigenvalue weighted by Gasteiger charge is -2.43. The normalized spacial score (nSPS) is 25.5. The van der Waals surface area contributed by atoms with Crippen molar-refractivity contribution < 1.29 is 19.7 Å². The molecule has 0 aliphatic carbocycles. The number of thioether (sulfide) groups is 1. The largest absolute Gasteiger partial charge is 0.394 e. The molecule has 3 heterocycles. The van der Waals surface area contributed by atoms with Gasteiger partial charge < -0.3 is 25.4 Å². The van der Waals surface area contributed by atoms with Crippen molar-refractivity contribution in [2.24, 2.45) is 0 Å². The number of anilines is 1. The smallest absolute Gasteiger partial charge is 0.180 e. The van der Waals surface area contributed by atoms with Crippen LogP contribution in [-0.2, 0) is 9.47 Å². The number of thiazole rings is 1. The monoisotopic (exact) mass is 494 g/mol. The van der Waals surface area contributed by atoms with Gasteiger partial charge in [0.1, 0.15) is 47.2 Å². The van der Waals surface area contributed by atoms with Gasteiger partial charge in [-0.25, -0.2) is 9.67 Å². The number of ether oxygens (including phenoxy) is 2. The summed E-state index contributed by atoms with van der Waals surface area (Å²) in [6.07, 6.45) is -0.988. The summed E-state index contributed by atoms with van der Waals surface area (Å²) < 4.78 is 13.1. The Kier molecular flexibility index (Phi) is 6.96. The van der Waals surface area contributed by atoms with Crippen molar-refractivity contribution in [1.82, 2.24) is 20.0 Å². The fourth-order valence-electron chi connectivity index (χ4n) is 3.45. The number of methoxy groups -OCH3 is 1. The van der Waals surface area contributed by atoms with E-state index >= 15 is 0 Å². The van der Waals surface area contributed by atoms with Crippen molar-refractivity contribution in [2.75, 3.05) is 19.5 Å². The van der Waals surface area contributed by atoms with E-state index in [0.29, 0.717) is 27.1 Å². The summed E-state index contributed by atoms with van der Waals surface area (Å²) in [5.74, 6) is 0. The van der Waals surface area contributed by atoms with Crippen molar-refractivity contribution >= 4 is 39.8 Å². The Bertz CT molecular complexity index is 1140. The Morgan fingerprint density at radius 1 is 1.44 bits per heavy atom. The quantitative estimate of drug-likeness (QED) is 0.463. The number of aliphatic hydroxyl groups is 2. The van der Waals surface area contributed by atoms with Gasteiger partial charge in [-0.1, -0.05) is 28.6 Å². The van der Waals surface area contributed by atoms with Gasteiger partial charge >= 0.3 is 0 Å². The zero-order chi connectivity index (χ0) is 22.8. The van der Waals surface area contributed by atoms with Crippen molar-refractivity contribution in [1.29, 1.82) is 5.26 Å². The number of hydrogen-bond donors (Lipinski definition) is 3. The molecular weight excluding hydrogens is 476 g/mol. The standard InChI is InChI=1S/C19H19ClN6O4S2/c1-29-17-15(26-6-12(24-25-26)13-8-31-19(22)23-13)16(28)14(7-27)30-18(17)32-10-3-2-9(5-21)11(20)4-10/h2-4,6,8,14-18,27-28H,7H2,1H3,(H2,22,23)/t14-,15+,16+,17-,18-/m1/s1. The van der Waals surface area contributed by atoms with Crippen molar-refractivity contribution in [3.8, 4) is 17.5 Å². The molecule has 1 aromatic carbocycles. The number of benzene rings is 1. The van der Waals surface area contributed by atoms with Crippen LogP contribution in [0.25, 0.3) is 11.4 Å². The summed E-state index contributed by atoms with van der Waals surface area (Å²) in [7, 11) is 1.51. The van der Waals surface area contributed by atoms with E-state index in [2.05, 4.69) is 15.3 Å². The Labute approximate surface area is 196 Å². The Morgan fingerprint density at radius 2 is 2.25 bits per heavy atom. The first-order valence-corrected chi connectivity index (χ1v) is 11.6. The number of nitrogens with two attached hydrogens (primary N) is 1. The topological polar surface area (TPSA) is 152 Å². The van der Waals surface area contributed by atoms with Gasteiger partial charge in [-0.3, -0.25) is 0 Å². The summed E-state index contributed by atoms with van der Waals surface area (Å²) in [4.78, 5) is 4.95. The second-order valence-corrected chi connectivity index (χ2v) is 9.40. The Hall–Kier alpha value is -2.24. The predicted octanol–water partition coefficient (Wildman–Crippen LogP) is 1.94. The lowest BCUT2D eigenvalue weighted by molar-refractivity contribution is -0.186. The first-order valence-electron chi connectivity index (χ1n) is 9.41. The SMILES string of the molecule is CO[C@@H]1[C@@H](n2cc(-c3csc(N)n3)nn2)[C@@H](O)[C@@H](CO)O[C@@H]1Sc1ccc(C#N)c(Cl)c1. The molecule has 1 aliphatic rings. The molecule has 0 amide bonds. The summed E-state index contributed by atoms with van der Waals surface area (Å²) >= 11 is 8.75. The highest BCUT2D eigenvalue weighted by molar-refractivity contribution is 7.99. The molecule has 0 radical (unpaired) electrons. The van der Waals surface area contributed by atoms with Gasteiger partial charge in [-0.2, -0.15) is 5.26 Å². The zero-order valence-corrected chi connectivity index (χ0v) is 19.1. The van der Waals surface area contributed by atoms with Crippen LogP contribution in [0.3, 0.4) is 0 Å². The van der Waals surface area contributed by atoms with E-state index in [0.717, 1.165) is 4.90 Å². The fraction of sp³-hybridized carbons (Fsp3) is 0.368.